The monoisotopic (exact) mass is 261 g/mol. The molecule has 1 saturated carbocycles. The maximum Gasteiger partial charge on any atom is 0.0436 e. The van der Waals surface area contributed by atoms with Crippen molar-refractivity contribution in [1.29, 1.82) is 0 Å². The molecule has 1 atom stereocenters. The maximum atomic E-state index is 9.12. The summed E-state index contributed by atoms with van der Waals surface area (Å²) in [6.45, 7) is 10.2. The van der Waals surface area contributed by atoms with Gasteiger partial charge in [-0.1, -0.05) is 17.7 Å². The first-order valence-electron chi connectivity index (χ1n) is 7.39. The Morgan fingerprint density at radius 1 is 1.21 bits per heavy atom. The van der Waals surface area contributed by atoms with Crippen LogP contribution in [0, 0.1) is 26.2 Å². The first-order valence-corrected chi connectivity index (χ1v) is 7.39. The summed E-state index contributed by atoms with van der Waals surface area (Å²) in [5, 5.41) is 12.8. The first kappa shape index (κ1) is 14.5. The predicted molar refractivity (Wildman–Crippen MR) is 80.4 cm³/mol. The number of benzene rings is 1. The van der Waals surface area contributed by atoms with Crippen molar-refractivity contribution in [2.24, 2.45) is 5.41 Å². The number of hydrogen-bond acceptors (Lipinski definition) is 2. The Kier molecular flexibility index (Phi) is 4.32. The summed E-state index contributed by atoms with van der Waals surface area (Å²) >= 11 is 0. The molecule has 19 heavy (non-hydrogen) atoms. The van der Waals surface area contributed by atoms with Crippen LogP contribution < -0.4 is 5.32 Å². The minimum Gasteiger partial charge on any atom is -0.396 e. The quantitative estimate of drug-likeness (QED) is 0.822. The molecule has 0 amide bonds. The lowest BCUT2D eigenvalue weighted by Crippen LogP contribution is -2.28. The molecule has 1 unspecified atom stereocenters. The average Bonchev–Trinajstić information content (AvgIpc) is 3.06. The molecule has 2 rings (SSSR count). The van der Waals surface area contributed by atoms with E-state index in [1.54, 1.807) is 0 Å². The van der Waals surface area contributed by atoms with E-state index in [9.17, 15) is 0 Å². The van der Waals surface area contributed by atoms with Crippen LogP contribution in [0.3, 0.4) is 0 Å². The molecule has 0 saturated heterocycles. The van der Waals surface area contributed by atoms with E-state index in [1.165, 1.54) is 35.1 Å². The number of aryl methyl sites for hydroxylation is 3. The Balaban J connectivity index is 2.02. The summed E-state index contributed by atoms with van der Waals surface area (Å²) < 4.78 is 0. The van der Waals surface area contributed by atoms with E-state index in [0.29, 0.717) is 18.1 Å². The summed E-state index contributed by atoms with van der Waals surface area (Å²) in [5.41, 5.74) is 5.92. The van der Waals surface area contributed by atoms with Crippen molar-refractivity contribution in [3.8, 4) is 0 Å². The molecule has 0 spiro atoms. The van der Waals surface area contributed by atoms with Gasteiger partial charge in [-0.25, -0.2) is 0 Å². The van der Waals surface area contributed by atoms with Gasteiger partial charge in [0.25, 0.3) is 0 Å². The lowest BCUT2D eigenvalue weighted by molar-refractivity contribution is 0.243. The normalized spacial score (nSPS) is 18.4. The van der Waals surface area contributed by atoms with E-state index >= 15 is 0 Å². The number of hydrogen-bond donors (Lipinski definition) is 2. The molecule has 106 valence electrons. The Hall–Kier alpha value is -0.860. The largest absolute Gasteiger partial charge is 0.396 e. The fourth-order valence-electron chi connectivity index (χ4n) is 3.27. The first-order chi connectivity index (χ1) is 8.97. The molecule has 2 N–H and O–H groups in total. The van der Waals surface area contributed by atoms with Crippen molar-refractivity contribution in [3.63, 3.8) is 0 Å². The maximum absolute atomic E-state index is 9.12. The smallest absolute Gasteiger partial charge is 0.0436 e. The second-order valence-corrected chi connectivity index (χ2v) is 6.39. The van der Waals surface area contributed by atoms with Gasteiger partial charge in [-0.2, -0.15) is 0 Å². The summed E-state index contributed by atoms with van der Waals surface area (Å²) in [7, 11) is 0. The molecule has 0 heterocycles. The van der Waals surface area contributed by atoms with Crippen LogP contribution in [0.15, 0.2) is 12.1 Å². The van der Waals surface area contributed by atoms with Crippen LogP contribution in [-0.4, -0.2) is 18.3 Å². The molecular formula is C17H27NO. The van der Waals surface area contributed by atoms with Crippen LogP contribution in [0.4, 0.5) is 0 Å². The van der Waals surface area contributed by atoms with Crippen molar-refractivity contribution in [1.82, 2.24) is 5.32 Å². The molecule has 0 bridgehead atoms. The van der Waals surface area contributed by atoms with Crippen LogP contribution >= 0.6 is 0 Å². The minimum atomic E-state index is 0.318. The van der Waals surface area contributed by atoms with Crippen LogP contribution in [0.2, 0.25) is 0 Å². The molecule has 1 aliphatic carbocycles. The molecular weight excluding hydrogens is 234 g/mol. The van der Waals surface area contributed by atoms with Crippen LogP contribution in [0.1, 0.15) is 54.5 Å². The van der Waals surface area contributed by atoms with Gasteiger partial charge in [-0.3, -0.25) is 0 Å². The average molecular weight is 261 g/mol. The van der Waals surface area contributed by atoms with Crippen molar-refractivity contribution in [3.05, 3.63) is 34.4 Å². The van der Waals surface area contributed by atoms with E-state index in [4.69, 9.17) is 5.11 Å². The third-order valence-electron chi connectivity index (χ3n) is 4.55. The number of rotatable bonds is 6. The van der Waals surface area contributed by atoms with E-state index in [0.717, 1.165) is 13.0 Å². The second-order valence-electron chi connectivity index (χ2n) is 6.39. The van der Waals surface area contributed by atoms with Crippen molar-refractivity contribution < 1.29 is 5.11 Å². The van der Waals surface area contributed by atoms with Crippen molar-refractivity contribution >= 4 is 0 Å². The highest BCUT2D eigenvalue weighted by atomic mass is 16.3. The molecule has 1 aliphatic rings. The molecule has 0 aliphatic heterocycles. The Labute approximate surface area is 117 Å². The lowest BCUT2D eigenvalue weighted by atomic mass is 9.94. The molecule has 0 radical (unpaired) electrons. The Bertz CT molecular complexity index is 426. The predicted octanol–water partition coefficient (Wildman–Crippen LogP) is 3.43. The van der Waals surface area contributed by atoms with Crippen LogP contribution in [0.25, 0.3) is 0 Å². The molecule has 2 heteroatoms. The third kappa shape index (κ3) is 3.37. The highest BCUT2D eigenvalue weighted by Crippen LogP contribution is 2.48. The third-order valence-corrected chi connectivity index (χ3v) is 4.55. The van der Waals surface area contributed by atoms with E-state index in [2.05, 4.69) is 45.1 Å². The standard InChI is InChI=1S/C17H27NO/c1-12-9-13(2)16(14(3)10-12)15(4)18-11-17(5-6-17)7-8-19/h9-10,15,18-19H,5-8,11H2,1-4H3. The number of aliphatic hydroxyl groups excluding tert-OH is 1. The van der Waals surface area contributed by atoms with Crippen LogP contribution in [0.5, 0.6) is 0 Å². The van der Waals surface area contributed by atoms with Gasteiger partial charge in [-0.15, -0.1) is 0 Å². The van der Waals surface area contributed by atoms with E-state index in [1.807, 2.05) is 0 Å². The van der Waals surface area contributed by atoms with Crippen molar-refractivity contribution in [2.45, 2.75) is 53.0 Å². The summed E-state index contributed by atoms with van der Waals surface area (Å²) in [6.07, 6.45) is 3.47. The Morgan fingerprint density at radius 2 is 1.79 bits per heavy atom. The van der Waals surface area contributed by atoms with Crippen LogP contribution in [-0.2, 0) is 0 Å². The SMILES string of the molecule is Cc1cc(C)c(C(C)NCC2(CCO)CC2)c(C)c1. The molecule has 1 aromatic rings. The highest BCUT2D eigenvalue weighted by molar-refractivity contribution is 5.39. The van der Waals surface area contributed by atoms with E-state index < -0.39 is 0 Å². The molecule has 2 nitrogen and oxygen atoms in total. The zero-order valence-corrected chi connectivity index (χ0v) is 12.7. The van der Waals surface area contributed by atoms with Gasteiger partial charge in [0.2, 0.25) is 0 Å². The van der Waals surface area contributed by atoms with Gasteiger partial charge in [0.1, 0.15) is 0 Å². The van der Waals surface area contributed by atoms with Gasteiger partial charge >= 0.3 is 0 Å². The zero-order chi connectivity index (χ0) is 14.0. The second kappa shape index (κ2) is 5.64. The minimum absolute atomic E-state index is 0.318. The van der Waals surface area contributed by atoms with Gasteiger partial charge in [0.05, 0.1) is 0 Å². The Morgan fingerprint density at radius 3 is 2.26 bits per heavy atom. The zero-order valence-electron chi connectivity index (χ0n) is 12.7. The molecule has 0 aromatic heterocycles. The molecule has 1 aromatic carbocycles. The summed E-state index contributed by atoms with van der Waals surface area (Å²) in [6, 6.07) is 4.92. The lowest BCUT2D eigenvalue weighted by Gasteiger charge is -2.23. The highest BCUT2D eigenvalue weighted by Gasteiger charge is 2.41. The summed E-state index contributed by atoms with van der Waals surface area (Å²) in [4.78, 5) is 0. The van der Waals surface area contributed by atoms with Gasteiger partial charge in [0, 0.05) is 19.2 Å². The fourth-order valence-corrected chi connectivity index (χ4v) is 3.27. The van der Waals surface area contributed by atoms with Crippen molar-refractivity contribution in [2.75, 3.05) is 13.2 Å². The topological polar surface area (TPSA) is 32.3 Å². The van der Waals surface area contributed by atoms with E-state index in [-0.39, 0.29) is 0 Å². The number of nitrogens with one attached hydrogen (secondary N) is 1. The van der Waals surface area contributed by atoms with Gasteiger partial charge in [-0.05, 0) is 69.1 Å². The van der Waals surface area contributed by atoms with Gasteiger partial charge < -0.3 is 10.4 Å². The fraction of sp³-hybridized carbons (Fsp3) is 0.647. The van der Waals surface area contributed by atoms with Gasteiger partial charge in [0.15, 0.2) is 0 Å². The summed E-state index contributed by atoms with van der Waals surface area (Å²) in [5.74, 6) is 0. The number of aliphatic hydroxyl groups is 1. The molecule has 1 fully saturated rings.